The minimum Gasteiger partial charge on any atom is -0.339 e. The Balaban J connectivity index is 2.88. The van der Waals surface area contributed by atoms with E-state index in [1.165, 1.54) is 12.1 Å². The Morgan fingerprint density at radius 2 is 2.12 bits per heavy atom. The Morgan fingerprint density at radius 1 is 1.47 bits per heavy atom. The van der Waals surface area contributed by atoms with Crippen molar-refractivity contribution in [3.05, 3.63) is 35.1 Å². The van der Waals surface area contributed by atoms with Crippen LogP contribution >= 0.6 is 0 Å². The van der Waals surface area contributed by atoms with Gasteiger partial charge in [0.05, 0.1) is 0 Å². The molecule has 0 aliphatic rings. The molecule has 1 amide bonds. The van der Waals surface area contributed by atoms with E-state index in [1.54, 1.807) is 24.9 Å². The molecule has 4 heteroatoms. The zero-order chi connectivity index (χ0) is 13.0. The van der Waals surface area contributed by atoms with Crippen molar-refractivity contribution < 1.29 is 9.18 Å². The van der Waals surface area contributed by atoms with Crippen molar-refractivity contribution in [2.75, 3.05) is 13.6 Å². The molecule has 0 heterocycles. The number of amides is 1. The number of halogens is 1. The SMILES string of the molecule is Cc1cc(F)cc(C(=O)N(C)C(C)CCN)c1. The molecule has 0 saturated carbocycles. The number of nitrogens with zero attached hydrogens (tertiary/aromatic N) is 1. The first-order chi connectivity index (χ1) is 7.95. The fraction of sp³-hybridized carbons (Fsp3) is 0.462. The van der Waals surface area contributed by atoms with Gasteiger partial charge in [-0.2, -0.15) is 0 Å². The molecule has 0 aliphatic carbocycles. The lowest BCUT2D eigenvalue weighted by Gasteiger charge is -2.24. The van der Waals surface area contributed by atoms with Crippen LogP contribution in [-0.2, 0) is 0 Å². The van der Waals surface area contributed by atoms with Crippen molar-refractivity contribution in [2.24, 2.45) is 5.73 Å². The minimum atomic E-state index is -0.381. The van der Waals surface area contributed by atoms with E-state index in [4.69, 9.17) is 5.73 Å². The average Bonchev–Trinajstić information content (AvgIpc) is 2.26. The van der Waals surface area contributed by atoms with Gasteiger partial charge in [0, 0.05) is 18.7 Å². The quantitative estimate of drug-likeness (QED) is 0.871. The monoisotopic (exact) mass is 238 g/mol. The van der Waals surface area contributed by atoms with Gasteiger partial charge in [-0.15, -0.1) is 0 Å². The van der Waals surface area contributed by atoms with Crippen LogP contribution in [0.1, 0.15) is 29.3 Å². The molecule has 1 aromatic carbocycles. The largest absolute Gasteiger partial charge is 0.339 e. The summed E-state index contributed by atoms with van der Waals surface area (Å²) in [6.07, 6.45) is 0.733. The molecule has 0 aromatic heterocycles. The van der Waals surface area contributed by atoms with E-state index in [1.807, 2.05) is 6.92 Å². The number of hydrogen-bond donors (Lipinski definition) is 1. The van der Waals surface area contributed by atoms with E-state index < -0.39 is 0 Å². The summed E-state index contributed by atoms with van der Waals surface area (Å²) in [5.74, 6) is -0.554. The van der Waals surface area contributed by atoms with E-state index in [-0.39, 0.29) is 17.8 Å². The molecule has 0 aliphatic heterocycles. The minimum absolute atomic E-state index is 0.0519. The molecule has 3 nitrogen and oxygen atoms in total. The van der Waals surface area contributed by atoms with Gasteiger partial charge >= 0.3 is 0 Å². The topological polar surface area (TPSA) is 46.3 Å². The summed E-state index contributed by atoms with van der Waals surface area (Å²) in [5, 5.41) is 0. The second-order valence-electron chi connectivity index (χ2n) is 4.36. The summed E-state index contributed by atoms with van der Waals surface area (Å²) in [5.41, 5.74) is 6.58. The van der Waals surface area contributed by atoms with Crippen LogP contribution in [0.2, 0.25) is 0 Å². The molecule has 94 valence electrons. The van der Waals surface area contributed by atoms with Crippen molar-refractivity contribution >= 4 is 5.91 Å². The lowest BCUT2D eigenvalue weighted by atomic mass is 10.1. The number of aryl methyl sites for hydroxylation is 1. The lowest BCUT2D eigenvalue weighted by Crippen LogP contribution is -2.36. The highest BCUT2D eigenvalue weighted by molar-refractivity contribution is 5.94. The summed E-state index contributed by atoms with van der Waals surface area (Å²) in [6.45, 7) is 4.22. The number of carbonyl (C=O) groups excluding carboxylic acids is 1. The third kappa shape index (κ3) is 3.53. The predicted octanol–water partition coefficient (Wildman–Crippen LogP) is 1.94. The zero-order valence-electron chi connectivity index (χ0n) is 10.5. The van der Waals surface area contributed by atoms with Crippen LogP contribution in [0.4, 0.5) is 4.39 Å². The molecule has 0 radical (unpaired) electrons. The maximum atomic E-state index is 13.2. The summed E-state index contributed by atoms with van der Waals surface area (Å²) in [6, 6.07) is 4.41. The van der Waals surface area contributed by atoms with Crippen LogP contribution < -0.4 is 5.73 Å². The summed E-state index contributed by atoms with van der Waals surface area (Å²) in [7, 11) is 1.71. The van der Waals surface area contributed by atoms with Crippen LogP contribution in [0.15, 0.2) is 18.2 Å². The van der Waals surface area contributed by atoms with Crippen LogP contribution in [0, 0.1) is 12.7 Å². The second kappa shape index (κ2) is 5.77. The smallest absolute Gasteiger partial charge is 0.253 e. The van der Waals surface area contributed by atoms with Gasteiger partial charge in [-0.05, 0) is 50.6 Å². The number of rotatable bonds is 4. The summed E-state index contributed by atoms with van der Waals surface area (Å²) >= 11 is 0. The molecular weight excluding hydrogens is 219 g/mol. The van der Waals surface area contributed by atoms with E-state index >= 15 is 0 Å². The molecular formula is C13H19FN2O. The highest BCUT2D eigenvalue weighted by Gasteiger charge is 2.17. The van der Waals surface area contributed by atoms with Crippen LogP contribution in [0.25, 0.3) is 0 Å². The molecule has 0 spiro atoms. The maximum absolute atomic E-state index is 13.2. The van der Waals surface area contributed by atoms with Gasteiger partial charge in [-0.3, -0.25) is 4.79 Å². The maximum Gasteiger partial charge on any atom is 0.253 e. The fourth-order valence-corrected chi connectivity index (χ4v) is 1.70. The second-order valence-corrected chi connectivity index (χ2v) is 4.36. The van der Waals surface area contributed by atoms with Crippen molar-refractivity contribution in [3.8, 4) is 0 Å². The third-order valence-corrected chi connectivity index (χ3v) is 2.86. The molecule has 1 aromatic rings. The van der Waals surface area contributed by atoms with E-state index in [0.717, 1.165) is 12.0 Å². The number of benzene rings is 1. The van der Waals surface area contributed by atoms with Gasteiger partial charge in [0.2, 0.25) is 0 Å². The van der Waals surface area contributed by atoms with Crippen molar-refractivity contribution in [2.45, 2.75) is 26.3 Å². The predicted molar refractivity (Wildman–Crippen MR) is 66.4 cm³/mol. The van der Waals surface area contributed by atoms with E-state index in [9.17, 15) is 9.18 Å². The molecule has 17 heavy (non-hydrogen) atoms. The molecule has 0 saturated heterocycles. The van der Waals surface area contributed by atoms with Gasteiger partial charge in [-0.25, -0.2) is 4.39 Å². The highest BCUT2D eigenvalue weighted by atomic mass is 19.1. The third-order valence-electron chi connectivity index (χ3n) is 2.86. The highest BCUT2D eigenvalue weighted by Crippen LogP contribution is 2.12. The Bertz CT molecular complexity index is 386. The Labute approximate surface area is 101 Å². The lowest BCUT2D eigenvalue weighted by molar-refractivity contribution is 0.0738. The van der Waals surface area contributed by atoms with E-state index in [0.29, 0.717) is 12.1 Å². The molecule has 1 unspecified atom stereocenters. The van der Waals surface area contributed by atoms with Gasteiger partial charge in [0.25, 0.3) is 5.91 Å². The molecule has 2 N–H and O–H groups in total. The van der Waals surface area contributed by atoms with Gasteiger partial charge in [-0.1, -0.05) is 0 Å². The number of carbonyl (C=O) groups is 1. The first-order valence-electron chi connectivity index (χ1n) is 5.70. The van der Waals surface area contributed by atoms with Gasteiger partial charge in [0.1, 0.15) is 5.82 Å². The number of nitrogens with two attached hydrogens (primary N) is 1. The molecule has 0 fully saturated rings. The Kier molecular flexibility index (Phi) is 4.63. The van der Waals surface area contributed by atoms with Gasteiger partial charge in [0.15, 0.2) is 0 Å². The fourth-order valence-electron chi connectivity index (χ4n) is 1.70. The first kappa shape index (κ1) is 13.6. The van der Waals surface area contributed by atoms with Crippen LogP contribution in [0.5, 0.6) is 0 Å². The molecule has 1 rings (SSSR count). The molecule has 1 atom stereocenters. The van der Waals surface area contributed by atoms with Crippen molar-refractivity contribution in [1.82, 2.24) is 4.90 Å². The van der Waals surface area contributed by atoms with E-state index in [2.05, 4.69) is 0 Å². The standard InChI is InChI=1S/C13H19FN2O/c1-9-6-11(8-12(14)7-9)13(17)16(3)10(2)4-5-15/h6-8,10H,4-5,15H2,1-3H3. The zero-order valence-corrected chi connectivity index (χ0v) is 10.5. The Hall–Kier alpha value is -1.42. The summed E-state index contributed by atoms with van der Waals surface area (Å²) in [4.78, 5) is 13.7. The Morgan fingerprint density at radius 3 is 2.65 bits per heavy atom. The average molecular weight is 238 g/mol. The number of hydrogen-bond acceptors (Lipinski definition) is 2. The van der Waals surface area contributed by atoms with Crippen molar-refractivity contribution in [3.63, 3.8) is 0 Å². The van der Waals surface area contributed by atoms with Crippen LogP contribution in [-0.4, -0.2) is 30.4 Å². The molecule has 0 bridgehead atoms. The van der Waals surface area contributed by atoms with Gasteiger partial charge < -0.3 is 10.6 Å². The van der Waals surface area contributed by atoms with Crippen molar-refractivity contribution in [1.29, 1.82) is 0 Å². The van der Waals surface area contributed by atoms with Crippen LogP contribution in [0.3, 0.4) is 0 Å². The summed E-state index contributed by atoms with van der Waals surface area (Å²) < 4.78 is 13.2. The first-order valence-corrected chi connectivity index (χ1v) is 5.70. The normalized spacial score (nSPS) is 12.3.